The number of aromatic carboxylic acids is 2. The van der Waals surface area contributed by atoms with Crippen LogP contribution < -0.4 is 0 Å². The third-order valence-electron chi connectivity index (χ3n) is 1.39. The minimum Gasteiger partial charge on any atom is -0.478 e. The largest absolute Gasteiger partial charge is 0.478 e. The molecule has 1 rings (SSSR count). The van der Waals surface area contributed by atoms with Crippen molar-refractivity contribution in [2.24, 2.45) is 0 Å². The van der Waals surface area contributed by atoms with Crippen LogP contribution in [-0.2, 0) is 0 Å². The van der Waals surface area contributed by atoms with Gasteiger partial charge in [0.25, 0.3) is 0 Å². The van der Waals surface area contributed by atoms with Gasteiger partial charge in [-0.3, -0.25) is 0 Å². The maximum absolute atomic E-state index is 10.5. The maximum Gasteiger partial charge on any atom is 0.336 e. The molecule has 0 fully saturated rings. The molecule has 0 spiro atoms. The van der Waals surface area contributed by atoms with Crippen molar-refractivity contribution in [1.29, 1.82) is 0 Å². The highest BCUT2D eigenvalue weighted by molar-refractivity contribution is 6.01. The predicted octanol–water partition coefficient (Wildman–Crippen LogP) is 2.36. The van der Waals surface area contributed by atoms with E-state index in [0.717, 1.165) is 0 Å². The fraction of sp³-hybridized carbons (Fsp3) is 0.200. The molecule has 0 saturated heterocycles. The van der Waals surface area contributed by atoms with Gasteiger partial charge in [-0.15, -0.1) is 0 Å². The van der Waals surface area contributed by atoms with E-state index in [-0.39, 0.29) is 26.0 Å². The van der Waals surface area contributed by atoms with E-state index in [4.69, 9.17) is 10.2 Å². The van der Waals surface area contributed by atoms with Gasteiger partial charge in [0.05, 0.1) is 11.1 Å². The fourth-order valence-electron chi connectivity index (χ4n) is 0.856. The lowest BCUT2D eigenvalue weighted by Gasteiger charge is -1.98. The quantitative estimate of drug-likeness (QED) is 0.764. The Bertz CT molecular complexity index is 298. The molecule has 14 heavy (non-hydrogen) atoms. The molecule has 0 aliphatic heterocycles. The van der Waals surface area contributed by atoms with E-state index in [0.29, 0.717) is 0 Å². The van der Waals surface area contributed by atoms with Gasteiger partial charge in [-0.2, -0.15) is 0 Å². The lowest BCUT2D eigenvalue weighted by molar-refractivity contribution is 0.0651. The summed E-state index contributed by atoms with van der Waals surface area (Å²) in [6, 6.07) is 5.48. The van der Waals surface area contributed by atoms with Crippen LogP contribution in [-0.4, -0.2) is 22.2 Å². The number of carbonyl (C=O) groups is 2. The summed E-state index contributed by atoms with van der Waals surface area (Å²) in [7, 11) is 0. The Hall–Kier alpha value is -1.84. The Morgan fingerprint density at radius 2 is 1.14 bits per heavy atom. The molecule has 0 bridgehead atoms. The van der Waals surface area contributed by atoms with Crippen LogP contribution in [0.15, 0.2) is 24.3 Å². The molecular weight excluding hydrogens is 184 g/mol. The van der Waals surface area contributed by atoms with Crippen molar-refractivity contribution in [1.82, 2.24) is 0 Å². The SMILES string of the molecule is C.C.O=C(O)c1ccccc1C(=O)O. The summed E-state index contributed by atoms with van der Waals surface area (Å²) in [5.41, 5.74) is -0.380. The normalized spacial score (nSPS) is 8.00. The molecule has 1 aromatic rings. The molecule has 0 amide bonds. The number of benzene rings is 1. The van der Waals surface area contributed by atoms with Crippen LogP contribution in [0.5, 0.6) is 0 Å². The second-order valence-electron chi connectivity index (χ2n) is 2.16. The van der Waals surface area contributed by atoms with Gasteiger partial charge in [0, 0.05) is 0 Å². The molecule has 0 heterocycles. The van der Waals surface area contributed by atoms with E-state index in [2.05, 4.69) is 0 Å². The second kappa shape index (κ2) is 5.75. The monoisotopic (exact) mass is 198 g/mol. The van der Waals surface area contributed by atoms with E-state index in [1.54, 1.807) is 0 Å². The van der Waals surface area contributed by atoms with Crippen molar-refractivity contribution < 1.29 is 19.8 Å². The first kappa shape index (κ1) is 14.7. The first-order chi connectivity index (χ1) is 5.63. The molecule has 0 unspecified atom stereocenters. The molecule has 1 aromatic carbocycles. The minimum absolute atomic E-state index is 0. The van der Waals surface area contributed by atoms with E-state index in [1.807, 2.05) is 0 Å². The summed E-state index contributed by atoms with van der Waals surface area (Å²) < 4.78 is 0. The van der Waals surface area contributed by atoms with E-state index < -0.39 is 11.9 Å². The Labute approximate surface area is 82.8 Å². The predicted molar refractivity (Wildman–Crippen MR) is 53.8 cm³/mol. The molecular formula is C10H14O4. The molecule has 0 aliphatic carbocycles. The van der Waals surface area contributed by atoms with E-state index in [9.17, 15) is 9.59 Å². The Morgan fingerprint density at radius 1 is 0.857 bits per heavy atom. The lowest BCUT2D eigenvalue weighted by atomic mass is 10.1. The number of hydrogen-bond donors (Lipinski definition) is 2. The van der Waals surface area contributed by atoms with Gasteiger partial charge in [0.1, 0.15) is 0 Å². The highest BCUT2D eigenvalue weighted by Crippen LogP contribution is 2.07. The number of carboxylic acid groups (broad SMARTS) is 2. The first-order valence-electron chi connectivity index (χ1n) is 3.18. The average molecular weight is 198 g/mol. The van der Waals surface area contributed by atoms with Gasteiger partial charge in [-0.25, -0.2) is 9.59 Å². The fourth-order valence-corrected chi connectivity index (χ4v) is 0.856. The van der Waals surface area contributed by atoms with Gasteiger partial charge in [-0.05, 0) is 12.1 Å². The van der Waals surface area contributed by atoms with E-state index >= 15 is 0 Å². The molecule has 4 nitrogen and oxygen atoms in total. The average Bonchev–Trinajstić information content (AvgIpc) is 2.04. The van der Waals surface area contributed by atoms with Crippen LogP contribution in [0.3, 0.4) is 0 Å². The first-order valence-corrected chi connectivity index (χ1v) is 3.18. The van der Waals surface area contributed by atoms with Crippen LogP contribution in [0.2, 0.25) is 0 Å². The summed E-state index contributed by atoms with van der Waals surface area (Å²) in [5, 5.41) is 17.1. The Morgan fingerprint density at radius 3 is 1.36 bits per heavy atom. The lowest BCUT2D eigenvalue weighted by Crippen LogP contribution is -2.06. The minimum atomic E-state index is -1.23. The van der Waals surface area contributed by atoms with Crippen LogP contribution in [0.1, 0.15) is 35.6 Å². The molecule has 0 saturated carbocycles. The van der Waals surface area contributed by atoms with Crippen LogP contribution >= 0.6 is 0 Å². The van der Waals surface area contributed by atoms with Gasteiger partial charge >= 0.3 is 11.9 Å². The zero-order valence-electron chi connectivity index (χ0n) is 6.02. The van der Waals surface area contributed by atoms with Gasteiger partial charge < -0.3 is 10.2 Å². The highest BCUT2D eigenvalue weighted by atomic mass is 16.4. The van der Waals surface area contributed by atoms with Crippen molar-refractivity contribution in [3.8, 4) is 0 Å². The molecule has 78 valence electrons. The Kier molecular flexibility index (Phi) is 6.02. The molecule has 0 aromatic heterocycles. The van der Waals surface area contributed by atoms with Crippen LogP contribution in [0.25, 0.3) is 0 Å². The zero-order valence-corrected chi connectivity index (χ0v) is 6.02. The van der Waals surface area contributed by atoms with Crippen molar-refractivity contribution in [2.75, 3.05) is 0 Å². The summed E-state index contributed by atoms with van der Waals surface area (Å²) >= 11 is 0. The summed E-state index contributed by atoms with van der Waals surface area (Å²) in [6.45, 7) is 0. The van der Waals surface area contributed by atoms with Crippen molar-refractivity contribution in [2.45, 2.75) is 14.9 Å². The van der Waals surface area contributed by atoms with Crippen molar-refractivity contribution >= 4 is 11.9 Å². The summed E-state index contributed by atoms with van der Waals surface area (Å²) in [5.74, 6) is -2.46. The van der Waals surface area contributed by atoms with Gasteiger partial charge in [0.15, 0.2) is 0 Å². The van der Waals surface area contributed by atoms with Crippen LogP contribution in [0.4, 0.5) is 0 Å². The van der Waals surface area contributed by atoms with Crippen molar-refractivity contribution in [3.63, 3.8) is 0 Å². The van der Waals surface area contributed by atoms with E-state index in [1.165, 1.54) is 24.3 Å². The summed E-state index contributed by atoms with van der Waals surface area (Å²) in [4.78, 5) is 20.9. The van der Waals surface area contributed by atoms with Gasteiger partial charge in [-0.1, -0.05) is 27.0 Å². The number of hydrogen-bond acceptors (Lipinski definition) is 2. The molecule has 0 aliphatic rings. The second-order valence-corrected chi connectivity index (χ2v) is 2.16. The van der Waals surface area contributed by atoms with Gasteiger partial charge in [0.2, 0.25) is 0 Å². The highest BCUT2D eigenvalue weighted by Gasteiger charge is 2.13. The van der Waals surface area contributed by atoms with Crippen molar-refractivity contribution in [3.05, 3.63) is 35.4 Å². The maximum atomic E-state index is 10.5. The number of carboxylic acids is 2. The van der Waals surface area contributed by atoms with Crippen LogP contribution in [0, 0.1) is 0 Å². The molecule has 2 N–H and O–H groups in total. The molecule has 0 radical (unpaired) electrons. The Balaban J connectivity index is 0. The molecule has 0 atom stereocenters. The molecule has 4 heteroatoms. The standard InChI is InChI=1S/C8H6O4.2CH4/c9-7(10)5-3-1-2-4-6(5)8(11)12;;/h1-4H,(H,9,10)(H,11,12);2*1H4. The zero-order chi connectivity index (χ0) is 9.14. The smallest absolute Gasteiger partial charge is 0.336 e. The number of rotatable bonds is 2. The third-order valence-corrected chi connectivity index (χ3v) is 1.39. The summed E-state index contributed by atoms with van der Waals surface area (Å²) in [6.07, 6.45) is 0. The topological polar surface area (TPSA) is 74.6 Å². The third kappa shape index (κ3) is 2.90.